The highest BCUT2D eigenvalue weighted by atomic mass is 32.2. The summed E-state index contributed by atoms with van der Waals surface area (Å²) >= 11 is 0. The van der Waals surface area contributed by atoms with Crippen molar-refractivity contribution in [3.8, 4) is 6.07 Å². The summed E-state index contributed by atoms with van der Waals surface area (Å²) in [6, 6.07) is 11.7. The molecule has 1 aromatic heterocycles. The molecule has 6 nitrogen and oxygen atoms in total. The molecular weight excluding hydrogens is 288 g/mol. The Balaban J connectivity index is 2.10. The van der Waals surface area contributed by atoms with Crippen LogP contribution in [0.5, 0.6) is 0 Å². The molecule has 0 saturated carbocycles. The molecule has 0 saturated heterocycles. The number of benzene rings is 1. The average molecular weight is 304 g/mol. The van der Waals surface area contributed by atoms with Crippen molar-refractivity contribution >= 4 is 10.0 Å². The van der Waals surface area contributed by atoms with Crippen molar-refractivity contribution in [3.05, 3.63) is 48.4 Å². The minimum Gasteiger partial charge on any atom is -0.335 e. The van der Waals surface area contributed by atoms with E-state index in [1.54, 1.807) is 6.92 Å². The van der Waals surface area contributed by atoms with Gasteiger partial charge < -0.3 is 4.98 Å². The standard InChI is InChI=1S/C14H16N4O2S/c1-14(10-15,8-7-12-5-3-2-4-6-12)18-21(19,20)13-9-16-11-17-13/h2-6,9,11,18H,7-8H2,1H3,(H,16,17)/t14-/m0/s1. The van der Waals surface area contributed by atoms with Gasteiger partial charge in [0.05, 0.1) is 18.6 Å². The third-order valence-corrected chi connectivity index (χ3v) is 4.65. The Kier molecular flexibility index (Phi) is 4.40. The number of nitriles is 1. The highest BCUT2D eigenvalue weighted by molar-refractivity contribution is 7.89. The lowest BCUT2D eigenvalue weighted by molar-refractivity contribution is 0.476. The normalized spacial score (nSPS) is 14.3. The zero-order valence-corrected chi connectivity index (χ0v) is 12.4. The quantitative estimate of drug-likeness (QED) is 0.846. The zero-order chi connectivity index (χ0) is 15.3. The van der Waals surface area contributed by atoms with Crippen molar-refractivity contribution in [1.29, 1.82) is 5.26 Å². The minimum atomic E-state index is -3.78. The van der Waals surface area contributed by atoms with Crippen LogP contribution in [-0.4, -0.2) is 23.9 Å². The lowest BCUT2D eigenvalue weighted by atomic mass is 9.96. The first-order valence-electron chi connectivity index (χ1n) is 6.43. The molecule has 0 aliphatic heterocycles. The first-order valence-corrected chi connectivity index (χ1v) is 7.91. The van der Waals surface area contributed by atoms with Crippen LogP contribution in [-0.2, 0) is 16.4 Å². The second kappa shape index (κ2) is 6.08. The minimum absolute atomic E-state index is 0.0521. The number of aromatic nitrogens is 2. The SMILES string of the molecule is C[C@@](C#N)(CCc1ccccc1)NS(=O)(=O)c1cnc[nH]1. The van der Waals surface area contributed by atoms with Gasteiger partial charge in [0.25, 0.3) is 10.0 Å². The highest BCUT2D eigenvalue weighted by Gasteiger charge is 2.31. The van der Waals surface area contributed by atoms with Crippen LogP contribution in [0.25, 0.3) is 0 Å². The lowest BCUT2D eigenvalue weighted by Crippen LogP contribution is -2.45. The molecule has 0 aliphatic carbocycles. The summed E-state index contributed by atoms with van der Waals surface area (Å²) in [5.74, 6) is 0. The van der Waals surface area contributed by atoms with Crippen LogP contribution >= 0.6 is 0 Å². The molecule has 0 bridgehead atoms. The molecule has 0 unspecified atom stereocenters. The van der Waals surface area contributed by atoms with Crippen LogP contribution in [0, 0.1) is 11.3 Å². The molecule has 0 spiro atoms. The third-order valence-electron chi connectivity index (χ3n) is 3.13. The van der Waals surface area contributed by atoms with Gasteiger partial charge in [-0.05, 0) is 25.3 Å². The number of imidazole rings is 1. The second-order valence-corrected chi connectivity index (χ2v) is 6.60. The molecule has 7 heteroatoms. The van der Waals surface area contributed by atoms with Gasteiger partial charge in [0.15, 0.2) is 5.03 Å². The molecule has 2 N–H and O–H groups in total. The van der Waals surface area contributed by atoms with Gasteiger partial charge in [-0.1, -0.05) is 30.3 Å². The average Bonchev–Trinajstić information content (AvgIpc) is 3.01. The summed E-state index contributed by atoms with van der Waals surface area (Å²) in [4.78, 5) is 6.21. The van der Waals surface area contributed by atoms with Crippen LogP contribution in [0.2, 0.25) is 0 Å². The molecule has 110 valence electrons. The Morgan fingerprint density at radius 3 is 2.67 bits per heavy atom. The highest BCUT2D eigenvalue weighted by Crippen LogP contribution is 2.17. The van der Waals surface area contributed by atoms with Crippen molar-refractivity contribution in [2.24, 2.45) is 0 Å². The molecule has 0 radical (unpaired) electrons. The van der Waals surface area contributed by atoms with Crippen molar-refractivity contribution in [2.75, 3.05) is 0 Å². The Bertz CT molecular complexity index is 720. The largest absolute Gasteiger partial charge is 0.335 e. The third kappa shape index (κ3) is 3.90. The van der Waals surface area contributed by atoms with Gasteiger partial charge in [0.2, 0.25) is 0 Å². The maximum atomic E-state index is 12.1. The smallest absolute Gasteiger partial charge is 0.258 e. The number of hydrogen-bond donors (Lipinski definition) is 2. The Morgan fingerprint density at radius 1 is 1.38 bits per heavy atom. The number of aryl methyl sites for hydroxylation is 1. The van der Waals surface area contributed by atoms with E-state index in [-0.39, 0.29) is 5.03 Å². The van der Waals surface area contributed by atoms with E-state index >= 15 is 0 Å². The van der Waals surface area contributed by atoms with Crippen LogP contribution in [0.4, 0.5) is 0 Å². The molecule has 0 amide bonds. The number of sulfonamides is 1. The summed E-state index contributed by atoms with van der Waals surface area (Å²) in [5.41, 5.74) is -0.125. The van der Waals surface area contributed by atoms with Gasteiger partial charge in [-0.3, -0.25) is 0 Å². The molecule has 1 aromatic carbocycles. The zero-order valence-electron chi connectivity index (χ0n) is 11.6. The van der Waals surface area contributed by atoms with Gasteiger partial charge in [-0.15, -0.1) is 0 Å². The fourth-order valence-corrected chi connectivity index (χ4v) is 3.17. The van der Waals surface area contributed by atoms with Crippen molar-refractivity contribution in [2.45, 2.75) is 30.3 Å². The Labute approximate surface area is 123 Å². The maximum absolute atomic E-state index is 12.1. The van der Waals surface area contributed by atoms with Crippen LogP contribution in [0.15, 0.2) is 47.9 Å². The van der Waals surface area contributed by atoms with E-state index in [0.29, 0.717) is 12.8 Å². The topological polar surface area (TPSA) is 98.6 Å². The lowest BCUT2D eigenvalue weighted by Gasteiger charge is -2.22. The number of rotatable bonds is 6. The van der Waals surface area contributed by atoms with Gasteiger partial charge in [-0.2, -0.15) is 9.98 Å². The van der Waals surface area contributed by atoms with E-state index in [4.69, 9.17) is 0 Å². The number of nitrogens with zero attached hydrogens (tertiary/aromatic N) is 2. The summed E-state index contributed by atoms with van der Waals surface area (Å²) in [6.07, 6.45) is 3.47. The van der Waals surface area contributed by atoms with E-state index in [0.717, 1.165) is 5.56 Å². The van der Waals surface area contributed by atoms with Crippen LogP contribution in [0.1, 0.15) is 18.9 Å². The number of aromatic amines is 1. The van der Waals surface area contributed by atoms with Gasteiger partial charge in [-0.25, -0.2) is 13.4 Å². The second-order valence-electron chi connectivity index (χ2n) is 4.95. The van der Waals surface area contributed by atoms with E-state index in [1.807, 2.05) is 36.4 Å². The summed E-state index contributed by atoms with van der Waals surface area (Å²) in [7, 11) is -3.78. The van der Waals surface area contributed by atoms with E-state index < -0.39 is 15.6 Å². The molecule has 0 aliphatic rings. The number of nitrogens with one attached hydrogen (secondary N) is 2. The molecule has 0 fully saturated rings. The number of H-pyrrole nitrogens is 1. The van der Waals surface area contributed by atoms with Crippen molar-refractivity contribution < 1.29 is 8.42 Å². The van der Waals surface area contributed by atoms with Gasteiger partial charge in [0.1, 0.15) is 5.54 Å². The Hall–Kier alpha value is -2.17. The van der Waals surface area contributed by atoms with Crippen molar-refractivity contribution in [1.82, 2.24) is 14.7 Å². The van der Waals surface area contributed by atoms with Crippen molar-refractivity contribution in [3.63, 3.8) is 0 Å². The molecule has 21 heavy (non-hydrogen) atoms. The molecule has 1 heterocycles. The maximum Gasteiger partial charge on any atom is 0.258 e. The first-order chi connectivity index (χ1) is 9.95. The molecule has 2 aromatic rings. The fraction of sp³-hybridized carbons (Fsp3) is 0.286. The summed E-state index contributed by atoms with van der Waals surface area (Å²) in [5, 5.41) is 9.27. The Morgan fingerprint density at radius 2 is 2.10 bits per heavy atom. The van der Waals surface area contributed by atoms with Crippen LogP contribution in [0.3, 0.4) is 0 Å². The van der Waals surface area contributed by atoms with Gasteiger partial charge >= 0.3 is 0 Å². The summed E-state index contributed by atoms with van der Waals surface area (Å²) in [6.45, 7) is 1.57. The molecule has 1 atom stereocenters. The van der Waals surface area contributed by atoms with E-state index in [1.165, 1.54) is 12.5 Å². The predicted molar refractivity (Wildman–Crippen MR) is 77.7 cm³/mol. The molecule has 2 rings (SSSR count). The first kappa shape index (κ1) is 15.2. The van der Waals surface area contributed by atoms with Crippen LogP contribution < -0.4 is 4.72 Å². The summed E-state index contributed by atoms with van der Waals surface area (Å²) < 4.78 is 26.7. The fourth-order valence-electron chi connectivity index (χ4n) is 1.91. The number of hydrogen-bond acceptors (Lipinski definition) is 4. The molecular formula is C14H16N4O2S. The van der Waals surface area contributed by atoms with E-state index in [9.17, 15) is 13.7 Å². The monoisotopic (exact) mass is 304 g/mol. The van der Waals surface area contributed by atoms with E-state index in [2.05, 4.69) is 14.7 Å². The predicted octanol–water partition coefficient (Wildman–Crippen LogP) is 1.60. The van der Waals surface area contributed by atoms with Gasteiger partial charge in [0, 0.05) is 0 Å².